The zero-order valence-corrected chi connectivity index (χ0v) is 11.5. The first-order valence-electron chi connectivity index (χ1n) is 5.94. The van der Waals surface area contributed by atoms with E-state index in [0.29, 0.717) is 5.56 Å². The number of rotatable bonds is 4. The molecule has 1 heterocycles. The van der Waals surface area contributed by atoms with Gasteiger partial charge in [0, 0.05) is 22.8 Å². The average Bonchev–Trinajstić information content (AvgIpc) is 2.69. The first-order chi connectivity index (χ1) is 8.69. The Kier molecular flexibility index (Phi) is 4.14. The van der Waals surface area contributed by atoms with Crippen LogP contribution in [0.2, 0.25) is 0 Å². The predicted molar refractivity (Wildman–Crippen MR) is 75.5 cm³/mol. The van der Waals surface area contributed by atoms with Crippen LogP contribution in [0.5, 0.6) is 0 Å². The maximum atomic E-state index is 8.72. The van der Waals surface area contributed by atoms with Crippen LogP contribution >= 0.6 is 11.3 Å². The molecule has 1 N–H and O–H groups in total. The number of thiophene rings is 1. The molecule has 1 aromatic heterocycles. The van der Waals surface area contributed by atoms with Gasteiger partial charge in [0.05, 0.1) is 11.6 Å². The Morgan fingerprint density at radius 1 is 1.17 bits per heavy atom. The minimum atomic E-state index is 0.711. The maximum absolute atomic E-state index is 8.72. The molecule has 0 radical (unpaired) electrons. The summed E-state index contributed by atoms with van der Waals surface area (Å²) in [5.74, 6) is 0. The summed E-state index contributed by atoms with van der Waals surface area (Å²) in [6.45, 7) is 6.04. The van der Waals surface area contributed by atoms with Crippen molar-refractivity contribution in [1.29, 1.82) is 5.26 Å². The number of hydrogen-bond donors (Lipinski definition) is 1. The lowest BCUT2D eigenvalue weighted by Crippen LogP contribution is -2.12. The molecule has 18 heavy (non-hydrogen) atoms. The third kappa shape index (κ3) is 3.19. The van der Waals surface area contributed by atoms with Crippen molar-refractivity contribution in [2.75, 3.05) is 0 Å². The van der Waals surface area contributed by atoms with Crippen molar-refractivity contribution in [3.05, 3.63) is 56.8 Å². The highest BCUT2D eigenvalue weighted by Gasteiger charge is 2.02. The van der Waals surface area contributed by atoms with Crippen LogP contribution in [0, 0.1) is 25.2 Å². The molecule has 0 aliphatic carbocycles. The molecule has 2 nitrogen and oxygen atoms in total. The zero-order chi connectivity index (χ0) is 13.0. The molecule has 92 valence electrons. The highest BCUT2D eigenvalue weighted by atomic mass is 32.1. The SMILES string of the molecule is Cc1cc(CNCc2ccc(C#N)cc2)c(C)s1. The molecular formula is C15H16N2S. The van der Waals surface area contributed by atoms with Crippen molar-refractivity contribution in [2.45, 2.75) is 26.9 Å². The molecule has 2 rings (SSSR count). The molecule has 0 aliphatic heterocycles. The first kappa shape index (κ1) is 12.8. The number of nitrogens with zero attached hydrogens (tertiary/aromatic N) is 1. The smallest absolute Gasteiger partial charge is 0.0991 e. The topological polar surface area (TPSA) is 35.8 Å². The number of nitriles is 1. The number of benzene rings is 1. The Labute approximate surface area is 112 Å². The van der Waals surface area contributed by atoms with Crippen LogP contribution in [0.15, 0.2) is 30.3 Å². The van der Waals surface area contributed by atoms with Crippen LogP contribution in [0.25, 0.3) is 0 Å². The lowest BCUT2D eigenvalue weighted by Gasteiger charge is -2.04. The summed E-state index contributed by atoms with van der Waals surface area (Å²) >= 11 is 1.84. The molecule has 0 spiro atoms. The van der Waals surface area contributed by atoms with Crippen LogP contribution in [0.4, 0.5) is 0 Å². The molecule has 2 aromatic rings. The molecular weight excluding hydrogens is 240 g/mol. The van der Waals surface area contributed by atoms with E-state index in [4.69, 9.17) is 5.26 Å². The van der Waals surface area contributed by atoms with Gasteiger partial charge >= 0.3 is 0 Å². The number of hydrogen-bond acceptors (Lipinski definition) is 3. The van der Waals surface area contributed by atoms with Crippen LogP contribution in [-0.4, -0.2) is 0 Å². The second-order valence-electron chi connectivity index (χ2n) is 4.35. The summed E-state index contributed by atoms with van der Waals surface area (Å²) < 4.78 is 0. The Balaban J connectivity index is 1.88. The van der Waals surface area contributed by atoms with Crippen molar-refractivity contribution < 1.29 is 0 Å². The predicted octanol–water partition coefficient (Wildman–Crippen LogP) is 3.53. The summed E-state index contributed by atoms with van der Waals surface area (Å²) in [7, 11) is 0. The van der Waals surface area contributed by atoms with Gasteiger partial charge in [-0.2, -0.15) is 5.26 Å². The van der Waals surface area contributed by atoms with Crippen LogP contribution in [-0.2, 0) is 13.1 Å². The first-order valence-corrected chi connectivity index (χ1v) is 6.76. The van der Waals surface area contributed by atoms with E-state index in [2.05, 4.69) is 31.3 Å². The molecule has 3 heteroatoms. The fourth-order valence-electron chi connectivity index (χ4n) is 1.90. The second kappa shape index (κ2) is 5.81. The van der Waals surface area contributed by atoms with E-state index in [1.807, 2.05) is 35.6 Å². The van der Waals surface area contributed by atoms with Crippen molar-refractivity contribution in [3.8, 4) is 6.07 Å². The Hall–Kier alpha value is -1.63. The van der Waals surface area contributed by atoms with Crippen molar-refractivity contribution in [1.82, 2.24) is 5.32 Å². The van der Waals surface area contributed by atoms with Crippen molar-refractivity contribution in [2.24, 2.45) is 0 Å². The van der Waals surface area contributed by atoms with E-state index in [-0.39, 0.29) is 0 Å². The third-order valence-corrected chi connectivity index (χ3v) is 3.88. The van der Waals surface area contributed by atoms with Gasteiger partial charge in [-0.1, -0.05) is 12.1 Å². The van der Waals surface area contributed by atoms with Gasteiger partial charge in [0.2, 0.25) is 0 Å². The minimum absolute atomic E-state index is 0.711. The summed E-state index contributed by atoms with van der Waals surface area (Å²) in [4.78, 5) is 2.75. The highest BCUT2D eigenvalue weighted by Crippen LogP contribution is 2.20. The van der Waals surface area contributed by atoms with E-state index in [1.54, 1.807) is 0 Å². The van der Waals surface area contributed by atoms with Gasteiger partial charge in [-0.3, -0.25) is 0 Å². The van der Waals surface area contributed by atoms with Crippen molar-refractivity contribution >= 4 is 11.3 Å². The van der Waals surface area contributed by atoms with E-state index in [0.717, 1.165) is 13.1 Å². The van der Waals surface area contributed by atoms with Gasteiger partial charge in [0.15, 0.2) is 0 Å². The monoisotopic (exact) mass is 256 g/mol. The summed E-state index contributed by atoms with van der Waals surface area (Å²) in [5.41, 5.74) is 3.30. The number of nitrogens with one attached hydrogen (secondary N) is 1. The lowest BCUT2D eigenvalue weighted by atomic mass is 10.1. The average molecular weight is 256 g/mol. The summed E-state index contributed by atoms with van der Waals surface area (Å²) in [6, 6.07) is 12.1. The van der Waals surface area contributed by atoms with Crippen LogP contribution < -0.4 is 5.32 Å². The molecule has 0 atom stereocenters. The van der Waals surface area contributed by atoms with Gasteiger partial charge in [-0.25, -0.2) is 0 Å². The quantitative estimate of drug-likeness (QED) is 0.908. The Morgan fingerprint density at radius 3 is 2.44 bits per heavy atom. The molecule has 0 amide bonds. The van der Waals surface area contributed by atoms with Gasteiger partial charge in [-0.15, -0.1) is 11.3 Å². The maximum Gasteiger partial charge on any atom is 0.0991 e. The van der Waals surface area contributed by atoms with Crippen LogP contribution in [0.3, 0.4) is 0 Å². The largest absolute Gasteiger partial charge is 0.309 e. The van der Waals surface area contributed by atoms with Gasteiger partial charge < -0.3 is 5.32 Å². The van der Waals surface area contributed by atoms with E-state index in [9.17, 15) is 0 Å². The van der Waals surface area contributed by atoms with Crippen molar-refractivity contribution in [3.63, 3.8) is 0 Å². The van der Waals surface area contributed by atoms with Gasteiger partial charge in [-0.05, 0) is 43.2 Å². The van der Waals surface area contributed by atoms with E-state index >= 15 is 0 Å². The molecule has 0 unspecified atom stereocenters. The van der Waals surface area contributed by atoms with Gasteiger partial charge in [0.1, 0.15) is 0 Å². The zero-order valence-electron chi connectivity index (χ0n) is 10.7. The number of aryl methyl sites for hydroxylation is 2. The normalized spacial score (nSPS) is 10.3. The Morgan fingerprint density at radius 2 is 1.89 bits per heavy atom. The van der Waals surface area contributed by atoms with Gasteiger partial charge in [0.25, 0.3) is 0 Å². The highest BCUT2D eigenvalue weighted by molar-refractivity contribution is 7.12. The lowest BCUT2D eigenvalue weighted by molar-refractivity contribution is 0.692. The molecule has 0 saturated carbocycles. The third-order valence-electron chi connectivity index (χ3n) is 2.87. The fraction of sp³-hybridized carbons (Fsp3) is 0.267. The molecule has 0 bridgehead atoms. The molecule has 0 saturated heterocycles. The van der Waals surface area contributed by atoms with E-state index in [1.165, 1.54) is 20.9 Å². The molecule has 1 aromatic carbocycles. The minimum Gasteiger partial charge on any atom is -0.309 e. The fourth-order valence-corrected chi connectivity index (χ4v) is 2.84. The Bertz CT molecular complexity index is 561. The standard InChI is InChI=1S/C15H16N2S/c1-11-7-15(12(2)18-11)10-17-9-14-5-3-13(8-16)4-6-14/h3-7,17H,9-10H2,1-2H3. The van der Waals surface area contributed by atoms with Crippen LogP contribution in [0.1, 0.15) is 26.4 Å². The molecule has 0 fully saturated rings. The molecule has 0 aliphatic rings. The second-order valence-corrected chi connectivity index (χ2v) is 5.81. The van der Waals surface area contributed by atoms with E-state index < -0.39 is 0 Å². The summed E-state index contributed by atoms with van der Waals surface area (Å²) in [5, 5.41) is 12.2. The summed E-state index contributed by atoms with van der Waals surface area (Å²) in [6.07, 6.45) is 0.